The Hall–Kier alpha value is -1.58. The molecule has 0 spiro atoms. The van der Waals surface area contributed by atoms with Crippen molar-refractivity contribution in [1.82, 2.24) is 9.97 Å². The maximum atomic E-state index is 11.2. The molecule has 0 fully saturated rings. The minimum atomic E-state index is -0.189. The zero-order valence-corrected chi connectivity index (χ0v) is 7.16. The predicted octanol–water partition coefficient (Wildman–Crippen LogP) is 0.0253. The van der Waals surface area contributed by atoms with Crippen LogP contribution in [0.2, 0.25) is 0 Å². The molecule has 2 aromatic rings. The molecule has 2 radical (unpaired) electrons. The number of nitrogens with zero attached hydrogens (tertiary/aromatic N) is 1. The minimum absolute atomic E-state index is 0.189. The number of rotatable bonds is 0. The van der Waals surface area contributed by atoms with Crippen molar-refractivity contribution in [3.63, 3.8) is 0 Å². The van der Waals surface area contributed by atoms with Gasteiger partial charge in [-0.05, 0) is 13.0 Å². The average Bonchev–Trinajstić information content (AvgIpc) is 2.09. The third kappa shape index (κ3) is 1.24. The summed E-state index contributed by atoms with van der Waals surface area (Å²) in [7, 11) is 5.67. The van der Waals surface area contributed by atoms with E-state index in [2.05, 4.69) is 9.97 Å². The zero-order chi connectivity index (χ0) is 9.42. The average molecular weight is 170 g/mol. The van der Waals surface area contributed by atoms with Gasteiger partial charge in [0.15, 0.2) is 0 Å². The summed E-state index contributed by atoms with van der Waals surface area (Å²) in [6, 6.07) is 5.35. The number of nitrogens with one attached hydrogen (secondary N) is 1. The van der Waals surface area contributed by atoms with E-state index in [1.165, 1.54) is 0 Å². The van der Waals surface area contributed by atoms with Crippen LogP contribution in [0, 0.1) is 6.92 Å². The number of aryl methyl sites for hydroxylation is 1. The van der Waals surface area contributed by atoms with Crippen molar-refractivity contribution in [2.24, 2.45) is 0 Å². The predicted molar refractivity (Wildman–Crippen MR) is 52.5 cm³/mol. The Morgan fingerprint density at radius 1 is 1.46 bits per heavy atom. The number of H-pyrrole nitrogens is 1. The normalized spacial score (nSPS) is 10.5. The van der Waals surface area contributed by atoms with Gasteiger partial charge in [0, 0.05) is 0 Å². The molecule has 3 nitrogen and oxygen atoms in total. The summed E-state index contributed by atoms with van der Waals surface area (Å²) in [5.74, 6) is 0. The molecule has 0 atom stereocenters. The molecular formula is C9H7BN2O. The summed E-state index contributed by atoms with van der Waals surface area (Å²) in [4.78, 5) is 18.0. The molecule has 0 saturated carbocycles. The summed E-state index contributed by atoms with van der Waals surface area (Å²) in [5, 5.41) is 0. The SMILES string of the molecule is [B]c1cccc2nc(C)c(=O)[nH]c12. The van der Waals surface area contributed by atoms with Crippen LogP contribution in [0.1, 0.15) is 5.69 Å². The minimum Gasteiger partial charge on any atom is -0.320 e. The van der Waals surface area contributed by atoms with Crippen molar-refractivity contribution < 1.29 is 0 Å². The van der Waals surface area contributed by atoms with Gasteiger partial charge in [-0.25, -0.2) is 4.98 Å². The second-order valence-corrected chi connectivity index (χ2v) is 2.89. The number of hydrogen-bond donors (Lipinski definition) is 1. The molecule has 0 aliphatic heterocycles. The lowest BCUT2D eigenvalue weighted by Gasteiger charge is -2.01. The van der Waals surface area contributed by atoms with E-state index in [0.717, 1.165) is 5.52 Å². The molecule has 1 aromatic carbocycles. The molecular weight excluding hydrogens is 163 g/mol. The smallest absolute Gasteiger partial charge is 0.269 e. The third-order valence-electron chi connectivity index (χ3n) is 1.93. The highest BCUT2D eigenvalue weighted by molar-refractivity contribution is 6.37. The molecule has 4 heteroatoms. The van der Waals surface area contributed by atoms with E-state index >= 15 is 0 Å². The Kier molecular flexibility index (Phi) is 1.69. The van der Waals surface area contributed by atoms with Gasteiger partial charge >= 0.3 is 0 Å². The first-order valence-electron chi connectivity index (χ1n) is 3.93. The first kappa shape index (κ1) is 8.04. The first-order chi connectivity index (χ1) is 6.18. The Balaban J connectivity index is 2.97. The lowest BCUT2D eigenvalue weighted by molar-refractivity contribution is 1.12. The van der Waals surface area contributed by atoms with Gasteiger partial charge in [0.25, 0.3) is 5.56 Å². The fraction of sp³-hybridized carbons (Fsp3) is 0.111. The van der Waals surface area contributed by atoms with Gasteiger partial charge in [-0.2, -0.15) is 0 Å². The van der Waals surface area contributed by atoms with Gasteiger partial charge in [-0.15, -0.1) is 0 Å². The van der Waals surface area contributed by atoms with Crippen LogP contribution in [-0.2, 0) is 0 Å². The van der Waals surface area contributed by atoms with Crippen LogP contribution >= 0.6 is 0 Å². The number of benzene rings is 1. The highest BCUT2D eigenvalue weighted by Gasteiger charge is 2.00. The summed E-state index contributed by atoms with van der Waals surface area (Å²) in [6.45, 7) is 1.67. The van der Waals surface area contributed by atoms with Crippen molar-refractivity contribution in [2.45, 2.75) is 6.92 Å². The molecule has 1 N–H and O–H groups in total. The summed E-state index contributed by atoms with van der Waals surface area (Å²) in [6.07, 6.45) is 0. The number of hydrogen-bond acceptors (Lipinski definition) is 2. The Morgan fingerprint density at radius 2 is 2.23 bits per heavy atom. The lowest BCUT2D eigenvalue weighted by Crippen LogP contribution is -2.16. The van der Waals surface area contributed by atoms with Crippen molar-refractivity contribution in [1.29, 1.82) is 0 Å². The van der Waals surface area contributed by atoms with Gasteiger partial charge < -0.3 is 4.98 Å². The maximum Gasteiger partial charge on any atom is 0.269 e. The Morgan fingerprint density at radius 3 is 3.00 bits per heavy atom. The van der Waals surface area contributed by atoms with E-state index in [-0.39, 0.29) is 5.56 Å². The highest BCUT2D eigenvalue weighted by Crippen LogP contribution is 2.02. The van der Waals surface area contributed by atoms with Gasteiger partial charge in [0.2, 0.25) is 0 Å². The van der Waals surface area contributed by atoms with Crippen LogP contribution in [0.3, 0.4) is 0 Å². The zero-order valence-electron chi connectivity index (χ0n) is 7.16. The lowest BCUT2D eigenvalue weighted by atomic mass is 9.94. The molecule has 62 valence electrons. The van der Waals surface area contributed by atoms with Gasteiger partial charge in [-0.1, -0.05) is 17.6 Å². The van der Waals surface area contributed by atoms with Gasteiger partial charge in [0.1, 0.15) is 13.5 Å². The fourth-order valence-corrected chi connectivity index (χ4v) is 1.22. The largest absolute Gasteiger partial charge is 0.320 e. The highest BCUT2D eigenvalue weighted by atomic mass is 16.1. The Bertz CT molecular complexity index is 518. The molecule has 0 aliphatic rings. The standard InChI is InChI=1S/C9H7BN2O/c1-5-9(13)12-8-6(10)3-2-4-7(8)11-5/h2-4H,1H3,(H,12,13). The van der Waals surface area contributed by atoms with Crippen molar-refractivity contribution in [2.75, 3.05) is 0 Å². The molecule has 0 amide bonds. The molecule has 1 heterocycles. The van der Waals surface area contributed by atoms with E-state index < -0.39 is 0 Å². The van der Waals surface area contributed by atoms with Gasteiger partial charge in [-0.3, -0.25) is 4.79 Å². The van der Waals surface area contributed by atoms with E-state index in [1.807, 2.05) is 12.1 Å². The number of aromatic nitrogens is 2. The molecule has 2 rings (SSSR count). The van der Waals surface area contributed by atoms with E-state index in [0.29, 0.717) is 16.7 Å². The van der Waals surface area contributed by atoms with Crippen LogP contribution < -0.4 is 11.0 Å². The molecule has 0 aliphatic carbocycles. The third-order valence-corrected chi connectivity index (χ3v) is 1.93. The summed E-state index contributed by atoms with van der Waals surface area (Å²) in [5.41, 5.74) is 2.14. The van der Waals surface area contributed by atoms with E-state index in [9.17, 15) is 4.79 Å². The van der Waals surface area contributed by atoms with Gasteiger partial charge in [0.05, 0.1) is 11.0 Å². The molecule has 0 bridgehead atoms. The quantitative estimate of drug-likeness (QED) is 0.566. The molecule has 1 aromatic heterocycles. The topological polar surface area (TPSA) is 45.8 Å². The molecule has 13 heavy (non-hydrogen) atoms. The van der Waals surface area contributed by atoms with Crippen LogP contribution in [0.5, 0.6) is 0 Å². The fourth-order valence-electron chi connectivity index (χ4n) is 1.22. The summed E-state index contributed by atoms with van der Waals surface area (Å²) < 4.78 is 0. The monoisotopic (exact) mass is 170 g/mol. The summed E-state index contributed by atoms with van der Waals surface area (Å²) >= 11 is 0. The maximum absolute atomic E-state index is 11.2. The number of fused-ring (bicyclic) bond motifs is 1. The van der Waals surface area contributed by atoms with Crippen LogP contribution in [0.25, 0.3) is 11.0 Å². The second kappa shape index (κ2) is 2.73. The number of aromatic amines is 1. The van der Waals surface area contributed by atoms with Crippen LogP contribution in [0.4, 0.5) is 0 Å². The van der Waals surface area contributed by atoms with Crippen molar-refractivity contribution >= 4 is 24.3 Å². The van der Waals surface area contributed by atoms with Crippen molar-refractivity contribution in [3.05, 3.63) is 34.2 Å². The second-order valence-electron chi connectivity index (χ2n) is 2.89. The molecule has 0 unspecified atom stereocenters. The Labute approximate surface area is 76.2 Å². The van der Waals surface area contributed by atoms with Crippen LogP contribution in [-0.4, -0.2) is 17.8 Å². The van der Waals surface area contributed by atoms with E-state index in [1.54, 1.807) is 13.0 Å². The van der Waals surface area contributed by atoms with E-state index in [4.69, 9.17) is 7.85 Å². The number of para-hydroxylation sites is 1. The van der Waals surface area contributed by atoms with Crippen molar-refractivity contribution in [3.8, 4) is 0 Å². The molecule has 0 saturated heterocycles. The first-order valence-corrected chi connectivity index (χ1v) is 3.93. The van der Waals surface area contributed by atoms with Crippen LogP contribution in [0.15, 0.2) is 23.0 Å².